The van der Waals surface area contributed by atoms with E-state index in [2.05, 4.69) is 9.97 Å². The molecule has 0 radical (unpaired) electrons. The molecule has 0 bridgehead atoms. The molecule has 7 heteroatoms. The quantitative estimate of drug-likeness (QED) is 0.331. The fourth-order valence-corrected chi connectivity index (χ4v) is 2.88. The zero-order valence-electron chi connectivity index (χ0n) is 13.7. The SMILES string of the molecule is COc1ccc2nc3c(C([NH-])=O)c(O)c4ccccc4c3nc2c1.[Na+]. The first-order valence-electron chi connectivity index (χ1n) is 7.25. The Balaban J connectivity index is 0.00000182. The predicted molar refractivity (Wildman–Crippen MR) is 91.4 cm³/mol. The smallest absolute Gasteiger partial charge is 0.663 e. The molecule has 1 heterocycles. The summed E-state index contributed by atoms with van der Waals surface area (Å²) in [5.41, 5.74) is 9.24. The second-order valence-electron chi connectivity index (χ2n) is 5.37. The summed E-state index contributed by atoms with van der Waals surface area (Å²) in [4.78, 5) is 20.9. The first-order chi connectivity index (χ1) is 11.6. The summed E-state index contributed by atoms with van der Waals surface area (Å²) in [6, 6.07) is 12.3. The van der Waals surface area contributed by atoms with E-state index in [-0.39, 0.29) is 46.4 Å². The van der Waals surface area contributed by atoms with E-state index in [1.54, 1.807) is 43.5 Å². The van der Waals surface area contributed by atoms with Crippen LogP contribution in [0.1, 0.15) is 10.4 Å². The molecule has 118 valence electrons. The average molecular weight is 341 g/mol. The summed E-state index contributed by atoms with van der Waals surface area (Å²) in [5.74, 6) is -0.582. The molecule has 0 aliphatic carbocycles. The fraction of sp³-hybridized carbons (Fsp3) is 0.0556. The van der Waals surface area contributed by atoms with E-state index in [0.717, 1.165) is 0 Å². The number of nitrogens with zero attached hydrogens (tertiary/aromatic N) is 2. The number of phenolic OH excluding ortho intramolecular Hbond substituents is 1. The van der Waals surface area contributed by atoms with Gasteiger partial charge in [0.25, 0.3) is 0 Å². The maximum Gasteiger partial charge on any atom is 1.00 e. The summed E-state index contributed by atoms with van der Waals surface area (Å²) < 4.78 is 5.21. The van der Waals surface area contributed by atoms with Crippen LogP contribution < -0.4 is 34.3 Å². The molecule has 0 fully saturated rings. The van der Waals surface area contributed by atoms with Crippen LogP contribution in [0.25, 0.3) is 38.6 Å². The van der Waals surface area contributed by atoms with Gasteiger partial charge in [0, 0.05) is 16.8 Å². The normalized spacial score (nSPS) is 10.8. The summed E-state index contributed by atoms with van der Waals surface area (Å²) >= 11 is 0. The number of fused-ring (bicyclic) bond motifs is 4. The average Bonchev–Trinajstić information content (AvgIpc) is 2.60. The predicted octanol–water partition coefficient (Wildman–Crippen LogP) is 0.847. The zero-order chi connectivity index (χ0) is 16.8. The number of nitrogens with one attached hydrogen (secondary N) is 1. The first kappa shape index (κ1) is 17.4. The van der Waals surface area contributed by atoms with E-state index < -0.39 is 5.91 Å². The van der Waals surface area contributed by atoms with Crippen molar-refractivity contribution in [3.8, 4) is 11.5 Å². The van der Waals surface area contributed by atoms with Gasteiger partial charge in [-0.3, -0.25) is 0 Å². The van der Waals surface area contributed by atoms with Crippen molar-refractivity contribution >= 4 is 38.7 Å². The van der Waals surface area contributed by atoms with E-state index >= 15 is 0 Å². The molecule has 0 aliphatic rings. The van der Waals surface area contributed by atoms with Crippen molar-refractivity contribution in [2.24, 2.45) is 0 Å². The van der Waals surface area contributed by atoms with Crippen LogP contribution in [0.15, 0.2) is 42.5 Å². The van der Waals surface area contributed by atoms with E-state index in [1.165, 1.54) is 0 Å². The maximum absolute atomic E-state index is 11.8. The van der Waals surface area contributed by atoms with Crippen molar-refractivity contribution in [3.63, 3.8) is 0 Å². The third-order valence-corrected chi connectivity index (χ3v) is 4.01. The van der Waals surface area contributed by atoms with Gasteiger partial charge in [0.1, 0.15) is 17.0 Å². The van der Waals surface area contributed by atoms with Gasteiger partial charge in [0.2, 0.25) is 0 Å². The third-order valence-electron chi connectivity index (χ3n) is 4.01. The largest absolute Gasteiger partial charge is 1.00 e. The van der Waals surface area contributed by atoms with Crippen molar-refractivity contribution in [2.75, 3.05) is 7.11 Å². The minimum absolute atomic E-state index is 0. The number of methoxy groups -OCH3 is 1. The molecule has 2 N–H and O–H groups in total. The molecule has 0 saturated carbocycles. The van der Waals surface area contributed by atoms with Crippen LogP contribution in [0.2, 0.25) is 0 Å². The van der Waals surface area contributed by atoms with Crippen LogP contribution in [0.4, 0.5) is 0 Å². The topological polar surface area (TPSA) is 96.1 Å². The molecule has 25 heavy (non-hydrogen) atoms. The van der Waals surface area contributed by atoms with Gasteiger partial charge in [-0.1, -0.05) is 24.3 Å². The molecule has 0 spiro atoms. The van der Waals surface area contributed by atoms with Crippen LogP contribution >= 0.6 is 0 Å². The maximum atomic E-state index is 11.8. The number of hydrogen-bond donors (Lipinski definition) is 1. The van der Waals surface area contributed by atoms with Crippen molar-refractivity contribution in [2.45, 2.75) is 0 Å². The van der Waals surface area contributed by atoms with E-state index in [1.807, 2.05) is 6.07 Å². The molecule has 4 aromatic rings. The number of rotatable bonds is 2. The van der Waals surface area contributed by atoms with Crippen LogP contribution in [-0.2, 0) is 0 Å². The zero-order valence-corrected chi connectivity index (χ0v) is 15.7. The Kier molecular flexibility index (Phi) is 4.51. The molecule has 1 aromatic heterocycles. The Morgan fingerprint density at radius 2 is 1.72 bits per heavy atom. The molecule has 4 rings (SSSR count). The van der Waals surface area contributed by atoms with E-state index in [4.69, 9.17) is 10.5 Å². The Hall–Kier alpha value is -2.41. The minimum Gasteiger partial charge on any atom is -0.663 e. The van der Waals surface area contributed by atoms with Gasteiger partial charge in [0.15, 0.2) is 0 Å². The van der Waals surface area contributed by atoms with Crippen LogP contribution in [0.5, 0.6) is 11.5 Å². The number of benzene rings is 3. The summed E-state index contributed by atoms with van der Waals surface area (Å²) in [6.45, 7) is 0. The number of carbonyl (C=O) groups is 1. The van der Waals surface area contributed by atoms with Gasteiger partial charge in [-0.15, -0.1) is 0 Å². The Bertz CT molecular complexity index is 1140. The van der Waals surface area contributed by atoms with Gasteiger partial charge >= 0.3 is 29.6 Å². The standard InChI is InChI=1S/C18H13N3O3.Na/c1-24-9-6-7-12-13(8-9)21-15-10-4-2-3-5-11(10)17(22)14(18(19)23)16(15)20-12;/h2-8H,1H3,(H3,19,20,22,23);/q;+1/p-1. The number of ether oxygens (including phenoxy) is 1. The second kappa shape index (κ2) is 6.48. The fourth-order valence-electron chi connectivity index (χ4n) is 2.88. The molecule has 0 aliphatic heterocycles. The number of aromatic nitrogens is 2. The molecule has 1 amide bonds. The van der Waals surface area contributed by atoms with Crippen molar-refractivity contribution in [1.82, 2.24) is 9.97 Å². The number of aromatic hydroxyl groups is 1. The number of hydrogen-bond acceptors (Lipinski definition) is 5. The Labute approximate surface area is 164 Å². The van der Waals surface area contributed by atoms with Crippen LogP contribution in [-0.4, -0.2) is 28.1 Å². The van der Waals surface area contributed by atoms with Gasteiger partial charge in [-0.2, -0.15) is 0 Å². The molecular weight excluding hydrogens is 329 g/mol. The molecule has 0 atom stereocenters. The van der Waals surface area contributed by atoms with E-state index in [9.17, 15) is 9.90 Å². The number of amides is 1. The minimum atomic E-state index is -0.995. The van der Waals surface area contributed by atoms with Gasteiger partial charge < -0.3 is 20.4 Å². The van der Waals surface area contributed by atoms with Crippen LogP contribution in [0, 0.1) is 0 Å². The van der Waals surface area contributed by atoms with Crippen molar-refractivity contribution in [1.29, 1.82) is 0 Å². The van der Waals surface area contributed by atoms with Gasteiger partial charge in [-0.25, -0.2) is 9.97 Å². The first-order valence-corrected chi connectivity index (χ1v) is 7.25. The monoisotopic (exact) mass is 341 g/mol. The number of phenols is 1. The van der Waals surface area contributed by atoms with Crippen LogP contribution in [0.3, 0.4) is 0 Å². The Morgan fingerprint density at radius 1 is 1.04 bits per heavy atom. The third kappa shape index (κ3) is 2.68. The van der Waals surface area contributed by atoms with Crippen molar-refractivity contribution < 1.29 is 44.2 Å². The molecular formula is C18H12N3NaO3. The van der Waals surface area contributed by atoms with E-state index in [0.29, 0.717) is 33.1 Å². The number of carbonyl (C=O) groups excluding carboxylic acids is 1. The molecule has 0 saturated heterocycles. The Morgan fingerprint density at radius 3 is 2.40 bits per heavy atom. The van der Waals surface area contributed by atoms with Gasteiger partial charge in [-0.05, 0) is 12.1 Å². The summed E-state index contributed by atoms with van der Waals surface area (Å²) in [7, 11) is 1.57. The second-order valence-corrected chi connectivity index (χ2v) is 5.37. The molecule has 6 nitrogen and oxygen atoms in total. The molecule has 3 aromatic carbocycles. The summed E-state index contributed by atoms with van der Waals surface area (Å²) in [5, 5.41) is 11.6. The summed E-state index contributed by atoms with van der Waals surface area (Å²) in [6.07, 6.45) is 0. The van der Waals surface area contributed by atoms with Gasteiger partial charge in [0.05, 0.1) is 35.1 Å². The van der Waals surface area contributed by atoms with Crippen molar-refractivity contribution in [3.05, 3.63) is 53.8 Å². The molecule has 0 unspecified atom stereocenters.